The van der Waals surface area contributed by atoms with Gasteiger partial charge in [0.25, 0.3) is 5.91 Å². The minimum Gasteiger partial charge on any atom is -0.370 e. The molecule has 0 atom stereocenters. The van der Waals surface area contributed by atoms with Gasteiger partial charge in [0.2, 0.25) is 5.13 Å². The minimum atomic E-state index is -0.241. The first-order valence-electron chi connectivity index (χ1n) is 5.51. The highest BCUT2D eigenvalue weighted by Gasteiger charge is 2.13. The van der Waals surface area contributed by atoms with Gasteiger partial charge in [0.15, 0.2) is 0 Å². The quantitative estimate of drug-likeness (QED) is 0.881. The average Bonchev–Trinajstić information content (AvgIpc) is 2.76. The number of carbonyl (C=O) groups is 1. The maximum atomic E-state index is 12.1. The molecule has 18 heavy (non-hydrogen) atoms. The number of amides is 1. The van der Waals surface area contributed by atoms with Crippen LogP contribution in [0.4, 0.5) is 10.9 Å². The number of anilines is 2. The van der Waals surface area contributed by atoms with Gasteiger partial charge in [-0.15, -0.1) is 10.2 Å². The Balaban J connectivity index is 2.18. The predicted octanol–water partition coefficient (Wildman–Crippen LogP) is 1.93. The first-order valence-corrected chi connectivity index (χ1v) is 6.32. The van der Waals surface area contributed by atoms with E-state index in [-0.39, 0.29) is 5.91 Å². The Labute approximate surface area is 108 Å². The third kappa shape index (κ3) is 2.80. The predicted molar refractivity (Wildman–Crippen MR) is 71.0 cm³/mol. The summed E-state index contributed by atoms with van der Waals surface area (Å²) >= 11 is 1.33. The summed E-state index contributed by atoms with van der Waals surface area (Å²) in [6.45, 7) is 4.49. The first kappa shape index (κ1) is 12.4. The maximum Gasteiger partial charge on any atom is 0.261 e. The highest BCUT2D eigenvalue weighted by Crippen LogP contribution is 2.17. The number of aromatic nitrogens is 3. The molecule has 0 radical (unpaired) electrons. The van der Waals surface area contributed by atoms with E-state index >= 15 is 0 Å². The van der Waals surface area contributed by atoms with E-state index in [4.69, 9.17) is 0 Å². The molecule has 2 heterocycles. The number of aryl methyl sites for hydroxylation is 1. The number of nitrogens with zero attached hydrogens (tertiary/aromatic N) is 3. The summed E-state index contributed by atoms with van der Waals surface area (Å²) in [4.78, 5) is 16.2. The van der Waals surface area contributed by atoms with Crippen molar-refractivity contribution in [2.24, 2.45) is 0 Å². The van der Waals surface area contributed by atoms with Crippen molar-refractivity contribution in [2.45, 2.75) is 13.8 Å². The smallest absolute Gasteiger partial charge is 0.261 e. The third-order valence-corrected chi connectivity index (χ3v) is 2.90. The van der Waals surface area contributed by atoms with Gasteiger partial charge in [-0.1, -0.05) is 11.3 Å². The van der Waals surface area contributed by atoms with E-state index in [9.17, 15) is 4.79 Å². The Kier molecular flexibility index (Phi) is 3.83. The lowest BCUT2D eigenvalue weighted by atomic mass is 10.2. The van der Waals surface area contributed by atoms with E-state index in [1.165, 1.54) is 11.3 Å². The van der Waals surface area contributed by atoms with E-state index < -0.39 is 0 Å². The second kappa shape index (κ2) is 5.54. The molecular weight excluding hydrogens is 250 g/mol. The standard InChI is InChI=1S/C11H13N5OS/c1-3-12-9-8(5-4-6-13-9)10(17)14-11-16-15-7(2)18-11/h4-6H,3H2,1-2H3,(H,12,13)(H,14,16,17). The lowest BCUT2D eigenvalue weighted by Gasteiger charge is -2.07. The molecule has 0 fully saturated rings. The Bertz CT molecular complexity index is 554. The van der Waals surface area contributed by atoms with Crippen LogP contribution < -0.4 is 10.6 Å². The summed E-state index contributed by atoms with van der Waals surface area (Å²) < 4.78 is 0. The molecule has 0 aliphatic carbocycles. The van der Waals surface area contributed by atoms with Crippen LogP contribution in [0.1, 0.15) is 22.3 Å². The van der Waals surface area contributed by atoms with Crippen molar-refractivity contribution in [3.63, 3.8) is 0 Å². The van der Waals surface area contributed by atoms with Crippen LogP contribution in [0.25, 0.3) is 0 Å². The van der Waals surface area contributed by atoms with Gasteiger partial charge < -0.3 is 5.32 Å². The van der Waals surface area contributed by atoms with Crippen LogP contribution in [-0.4, -0.2) is 27.6 Å². The van der Waals surface area contributed by atoms with E-state index in [2.05, 4.69) is 25.8 Å². The van der Waals surface area contributed by atoms with Crippen molar-refractivity contribution in [2.75, 3.05) is 17.2 Å². The SMILES string of the molecule is CCNc1ncccc1C(=O)Nc1nnc(C)s1. The topological polar surface area (TPSA) is 79.8 Å². The summed E-state index contributed by atoms with van der Waals surface area (Å²) in [5.74, 6) is 0.328. The molecule has 7 heteroatoms. The van der Waals surface area contributed by atoms with Crippen LogP contribution in [-0.2, 0) is 0 Å². The maximum absolute atomic E-state index is 12.1. The molecule has 0 bridgehead atoms. The van der Waals surface area contributed by atoms with Gasteiger partial charge in [-0.3, -0.25) is 10.1 Å². The minimum absolute atomic E-state index is 0.241. The monoisotopic (exact) mass is 263 g/mol. The normalized spacial score (nSPS) is 10.1. The second-order valence-electron chi connectivity index (χ2n) is 3.51. The van der Waals surface area contributed by atoms with Crippen molar-refractivity contribution in [1.29, 1.82) is 0 Å². The fourth-order valence-electron chi connectivity index (χ4n) is 1.41. The molecule has 2 aromatic rings. The average molecular weight is 263 g/mol. The zero-order chi connectivity index (χ0) is 13.0. The lowest BCUT2D eigenvalue weighted by Crippen LogP contribution is -2.15. The summed E-state index contributed by atoms with van der Waals surface area (Å²) in [5.41, 5.74) is 0.493. The summed E-state index contributed by atoms with van der Waals surface area (Å²) in [7, 11) is 0. The molecule has 0 saturated carbocycles. The highest BCUT2D eigenvalue weighted by molar-refractivity contribution is 7.15. The van der Waals surface area contributed by atoms with Crippen molar-refractivity contribution in [3.05, 3.63) is 28.9 Å². The third-order valence-electron chi connectivity index (χ3n) is 2.14. The van der Waals surface area contributed by atoms with Crippen LogP contribution in [0, 0.1) is 6.92 Å². The van der Waals surface area contributed by atoms with E-state index in [0.29, 0.717) is 23.1 Å². The van der Waals surface area contributed by atoms with Gasteiger partial charge in [-0.25, -0.2) is 4.98 Å². The molecule has 0 aliphatic heterocycles. The Hall–Kier alpha value is -2.02. The second-order valence-corrected chi connectivity index (χ2v) is 4.69. The van der Waals surface area contributed by atoms with Crippen LogP contribution >= 0.6 is 11.3 Å². The van der Waals surface area contributed by atoms with Crippen LogP contribution in [0.2, 0.25) is 0 Å². The molecular formula is C11H13N5OS. The summed E-state index contributed by atoms with van der Waals surface area (Å²) in [6, 6.07) is 3.44. The number of nitrogens with one attached hydrogen (secondary N) is 2. The molecule has 2 N–H and O–H groups in total. The van der Waals surface area contributed by atoms with E-state index in [1.807, 2.05) is 13.8 Å². The molecule has 2 rings (SSSR count). The van der Waals surface area contributed by atoms with Gasteiger partial charge >= 0.3 is 0 Å². The fourth-order valence-corrected chi connectivity index (χ4v) is 2.00. The Morgan fingerprint density at radius 2 is 2.28 bits per heavy atom. The zero-order valence-electron chi connectivity index (χ0n) is 10.1. The first-order chi connectivity index (χ1) is 8.70. The van der Waals surface area contributed by atoms with Crippen LogP contribution in [0.5, 0.6) is 0 Å². The number of rotatable bonds is 4. The summed E-state index contributed by atoms with van der Waals surface area (Å²) in [6.07, 6.45) is 1.64. The Morgan fingerprint density at radius 1 is 1.44 bits per heavy atom. The molecule has 0 aliphatic rings. The van der Waals surface area contributed by atoms with E-state index in [0.717, 1.165) is 5.01 Å². The van der Waals surface area contributed by atoms with Crippen molar-refractivity contribution >= 4 is 28.2 Å². The fraction of sp³-hybridized carbons (Fsp3) is 0.273. The molecule has 6 nitrogen and oxygen atoms in total. The number of pyridine rings is 1. The molecule has 0 unspecified atom stereocenters. The molecule has 2 aromatic heterocycles. The van der Waals surface area contributed by atoms with Crippen molar-refractivity contribution in [1.82, 2.24) is 15.2 Å². The van der Waals surface area contributed by atoms with Crippen molar-refractivity contribution < 1.29 is 4.79 Å². The van der Waals surface area contributed by atoms with Gasteiger partial charge in [-0.05, 0) is 26.0 Å². The van der Waals surface area contributed by atoms with Crippen LogP contribution in [0.15, 0.2) is 18.3 Å². The lowest BCUT2D eigenvalue weighted by molar-refractivity contribution is 0.102. The molecule has 0 spiro atoms. The molecule has 94 valence electrons. The van der Waals surface area contributed by atoms with E-state index in [1.54, 1.807) is 18.3 Å². The van der Waals surface area contributed by atoms with Crippen molar-refractivity contribution in [3.8, 4) is 0 Å². The molecule has 1 amide bonds. The van der Waals surface area contributed by atoms with Gasteiger partial charge in [0.1, 0.15) is 10.8 Å². The van der Waals surface area contributed by atoms with Crippen LogP contribution in [0.3, 0.4) is 0 Å². The number of carbonyl (C=O) groups excluding carboxylic acids is 1. The largest absolute Gasteiger partial charge is 0.370 e. The van der Waals surface area contributed by atoms with Gasteiger partial charge in [-0.2, -0.15) is 0 Å². The van der Waals surface area contributed by atoms with Gasteiger partial charge in [0, 0.05) is 12.7 Å². The molecule has 0 aromatic carbocycles. The number of hydrogen-bond donors (Lipinski definition) is 2. The summed E-state index contributed by atoms with van der Waals surface area (Å²) in [5, 5.41) is 14.7. The zero-order valence-corrected chi connectivity index (χ0v) is 10.9. The van der Waals surface area contributed by atoms with Gasteiger partial charge in [0.05, 0.1) is 5.56 Å². The molecule has 0 saturated heterocycles. The number of hydrogen-bond acceptors (Lipinski definition) is 6. The Morgan fingerprint density at radius 3 is 2.94 bits per heavy atom. The highest BCUT2D eigenvalue weighted by atomic mass is 32.1.